The Hall–Kier alpha value is -4.26. The van der Waals surface area contributed by atoms with E-state index in [-0.39, 0.29) is 28.8 Å². The molecule has 1 atom stereocenters. The van der Waals surface area contributed by atoms with Crippen molar-refractivity contribution in [2.24, 2.45) is 0 Å². The second kappa shape index (κ2) is 8.02. The third kappa shape index (κ3) is 3.47. The molecule has 0 aliphatic carbocycles. The number of halogens is 1. The van der Waals surface area contributed by atoms with E-state index in [1.165, 1.54) is 19.2 Å². The van der Waals surface area contributed by atoms with Crippen molar-refractivity contribution in [1.82, 2.24) is 4.90 Å². The van der Waals surface area contributed by atoms with Gasteiger partial charge in [0.25, 0.3) is 5.91 Å². The Balaban J connectivity index is 1.70. The maximum Gasteiger partial charge on any atom is 0.337 e. The number of amides is 1. The van der Waals surface area contributed by atoms with Gasteiger partial charge in [0.1, 0.15) is 11.4 Å². The molecule has 0 radical (unpaired) electrons. The molecule has 1 unspecified atom stereocenters. The summed E-state index contributed by atoms with van der Waals surface area (Å²) in [7, 11) is 1.29. The smallest absolute Gasteiger partial charge is 0.337 e. The molecule has 0 N–H and O–H groups in total. The first kappa shape index (κ1) is 20.6. The van der Waals surface area contributed by atoms with Crippen LogP contribution in [0.2, 0.25) is 0 Å². The average Bonchev–Trinajstić information content (AvgIpc) is 3.11. The predicted octanol–water partition coefficient (Wildman–Crippen LogP) is 4.46. The molecule has 164 valence electrons. The highest BCUT2D eigenvalue weighted by molar-refractivity contribution is 5.99. The second-order valence-corrected chi connectivity index (χ2v) is 7.75. The number of methoxy groups -OCH3 is 1. The summed E-state index contributed by atoms with van der Waals surface area (Å²) in [5.41, 5.74) is 1.67. The van der Waals surface area contributed by atoms with Gasteiger partial charge in [-0.2, -0.15) is 0 Å². The maximum absolute atomic E-state index is 13.9. The Morgan fingerprint density at radius 1 is 1.03 bits per heavy atom. The van der Waals surface area contributed by atoms with Crippen molar-refractivity contribution in [2.45, 2.75) is 12.6 Å². The molecule has 7 heteroatoms. The fraction of sp³-hybridized carbons (Fsp3) is 0.115. The predicted molar refractivity (Wildman–Crippen MR) is 118 cm³/mol. The van der Waals surface area contributed by atoms with Gasteiger partial charge >= 0.3 is 5.97 Å². The number of rotatable bonds is 4. The van der Waals surface area contributed by atoms with Crippen molar-refractivity contribution >= 4 is 22.8 Å². The molecule has 4 aromatic rings. The Labute approximate surface area is 187 Å². The molecule has 1 amide bonds. The van der Waals surface area contributed by atoms with E-state index in [2.05, 4.69) is 0 Å². The van der Waals surface area contributed by atoms with Crippen LogP contribution in [0.4, 0.5) is 4.39 Å². The second-order valence-electron chi connectivity index (χ2n) is 7.75. The first-order valence-corrected chi connectivity index (χ1v) is 10.3. The quantitative estimate of drug-likeness (QED) is 0.435. The summed E-state index contributed by atoms with van der Waals surface area (Å²) in [5, 5.41) is 0.0688. The number of benzene rings is 3. The average molecular weight is 443 g/mol. The Bertz CT molecular complexity index is 1440. The standard InChI is InChI=1S/C26H18FNO5/c1-32-26(31)17-9-7-16(8-10-17)22-21-23(29)19-13-18(27)11-12-20(19)33-24(21)25(30)28(22)14-15-5-3-2-4-6-15/h2-13,22H,14H2,1H3. The Morgan fingerprint density at radius 3 is 2.45 bits per heavy atom. The van der Waals surface area contributed by atoms with Gasteiger partial charge in [-0.05, 0) is 41.5 Å². The van der Waals surface area contributed by atoms with Gasteiger partial charge in [0, 0.05) is 6.54 Å². The monoisotopic (exact) mass is 443 g/mol. The number of carbonyl (C=O) groups excluding carboxylic acids is 2. The van der Waals surface area contributed by atoms with Crippen LogP contribution in [-0.4, -0.2) is 23.9 Å². The summed E-state index contributed by atoms with van der Waals surface area (Å²) in [4.78, 5) is 40.3. The minimum absolute atomic E-state index is 0.0583. The summed E-state index contributed by atoms with van der Waals surface area (Å²) in [6.07, 6.45) is 0. The van der Waals surface area contributed by atoms with Crippen LogP contribution in [0.1, 0.15) is 43.6 Å². The van der Waals surface area contributed by atoms with Crippen molar-refractivity contribution in [3.8, 4) is 0 Å². The van der Waals surface area contributed by atoms with Crippen LogP contribution in [0.3, 0.4) is 0 Å². The molecular formula is C26H18FNO5. The van der Waals surface area contributed by atoms with E-state index < -0.39 is 29.2 Å². The fourth-order valence-corrected chi connectivity index (χ4v) is 4.20. The maximum atomic E-state index is 13.9. The highest BCUT2D eigenvalue weighted by atomic mass is 19.1. The molecule has 1 aliphatic rings. The molecule has 3 aromatic carbocycles. The van der Waals surface area contributed by atoms with Crippen LogP contribution in [0.5, 0.6) is 0 Å². The van der Waals surface area contributed by atoms with E-state index in [1.807, 2.05) is 30.3 Å². The van der Waals surface area contributed by atoms with Crippen LogP contribution >= 0.6 is 0 Å². The minimum atomic E-state index is -0.761. The lowest BCUT2D eigenvalue weighted by molar-refractivity contribution is 0.0599. The summed E-state index contributed by atoms with van der Waals surface area (Å²) >= 11 is 0. The number of esters is 1. The number of fused-ring (bicyclic) bond motifs is 2. The zero-order chi connectivity index (χ0) is 23.1. The lowest BCUT2D eigenvalue weighted by atomic mass is 9.97. The summed E-state index contributed by atoms with van der Waals surface area (Å²) < 4.78 is 24.5. The number of carbonyl (C=O) groups is 2. The zero-order valence-corrected chi connectivity index (χ0v) is 17.6. The molecule has 6 nitrogen and oxygen atoms in total. The fourth-order valence-electron chi connectivity index (χ4n) is 4.20. The number of hydrogen-bond acceptors (Lipinski definition) is 5. The van der Waals surface area contributed by atoms with Gasteiger partial charge < -0.3 is 14.1 Å². The molecule has 0 saturated heterocycles. The lowest BCUT2D eigenvalue weighted by Gasteiger charge is -2.25. The number of nitrogens with zero attached hydrogens (tertiary/aromatic N) is 1. The molecule has 0 bridgehead atoms. The third-order valence-electron chi connectivity index (χ3n) is 5.77. The molecule has 2 heterocycles. The number of ether oxygens (including phenoxy) is 1. The molecule has 0 fully saturated rings. The van der Waals surface area contributed by atoms with Crippen LogP contribution in [0, 0.1) is 5.82 Å². The van der Waals surface area contributed by atoms with Crippen LogP contribution in [-0.2, 0) is 11.3 Å². The highest BCUT2D eigenvalue weighted by Gasteiger charge is 2.42. The van der Waals surface area contributed by atoms with Gasteiger partial charge in [0.2, 0.25) is 5.76 Å². The molecule has 5 rings (SSSR count). The summed E-state index contributed by atoms with van der Waals surface area (Å²) in [5.74, 6) is -1.55. The van der Waals surface area contributed by atoms with Crippen LogP contribution < -0.4 is 5.43 Å². The van der Waals surface area contributed by atoms with E-state index in [0.717, 1.165) is 11.6 Å². The van der Waals surface area contributed by atoms with E-state index in [0.29, 0.717) is 11.1 Å². The van der Waals surface area contributed by atoms with E-state index in [9.17, 15) is 18.8 Å². The van der Waals surface area contributed by atoms with Gasteiger partial charge in [-0.1, -0.05) is 42.5 Å². The van der Waals surface area contributed by atoms with E-state index in [4.69, 9.17) is 9.15 Å². The minimum Gasteiger partial charge on any atom is -0.465 e. The first-order valence-electron chi connectivity index (χ1n) is 10.3. The van der Waals surface area contributed by atoms with Crippen molar-refractivity contribution in [3.63, 3.8) is 0 Å². The van der Waals surface area contributed by atoms with Crippen molar-refractivity contribution in [3.05, 3.63) is 117 Å². The topological polar surface area (TPSA) is 76.8 Å². The molecule has 1 aromatic heterocycles. The van der Waals surface area contributed by atoms with Crippen molar-refractivity contribution < 1.29 is 23.1 Å². The molecule has 0 saturated carbocycles. The van der Waals surface area contributed by atoms with E-state index in [1.54, 1.807) is 29.2 Å². The third-order valence-corrected chi connectivity index (χ3v) is 5.77. The lowest BCUT2D eigenvalue weighted by Crippen LogP contribution is -2.29. The highest BCUT2D eigenvalue weighted by Crippen LogP contribution is 2.39. The first-order chi connectivity index (χ1) is 16.0. The van der Waals surface area contributed by atoms with Crippen LogP contribution in [0.15, 0.2) is 82.0 Å². The molecular weight excluding hydrogens is 425 g/mol. The van der Waals surface area contributed by atoms with Gasteiger partial charge in [-0.3, -0.25) is 9.59 Å². The number of hydrogen-bond donors (Lipinski definition) is 0. The Kier molecular flexibility index (Phi) is 5.01. The van der Waals surface area contributed by atoms with Gasteiger partial charge in [0.15, 0.2) is 5.43 Å². The van der Waals surface area contributed by atoms with Crippen LogP contribution in [0.25, 0.3) is 11.0 Å². The summed E-state index contributed by atoms with van der Waals surface area (Å²) in [6.45, 7) is 0.234. The zero-order valence-electron chi connectivity index (χ0n) is 17.6. The SMILES string of the molecule is COC(=O)c1ccc(C2c3c(oc4ccc(F)cc4c3=O)C(=O)N2Cc2ccccc2)cc1. The molecule has 33 heavy (non-hydrogen) atoms. The van der Waals surface area contributed by atoms with Gasteiger partial charge in [-0.15, -0.1) is 0 Å². The molecule has 0 spiro atoms. The van der Waals surface area contributed by atoms with Crippen molar-refractivity contribution in [2.75, 3.05) is 7.11 Å². The molecule has 1 aliphatic heterocycles. The normalized spacial score (nSPS) is 15.0. The van der Waals surface area contributed by atoms with Gasteiger partial charge in [-0.25, -0.2) is 9.18 Å². The largest absolute Gasteiger partial charge is 0.465 e. The Morgan fingerprint density at radius 2 is 1.76 bits per heavy atom. The van der Waals surface area contributed by atoms with Crippen molar-refractivity contribution in [1.29, 1.82) is 0 Å². The summed E-state index contributed by atoms with van der Waals surface area (Å²) in [6, 6.07) is 18.8. The van der Waals surface area contributed by atoms with E-state index >= 15 is 0 Å². The van der Waals surface area contributed by atoms with Gasteiger partial charge in [0.05, 0.1) is 29.7 Å².